The number of hydrogen-bond donors (Lipinski definition) is 3. The van der Waals surface area contributed by atoms with Crippen LogP contribution in [0.2, 0.25) is 0 Å². The van der Waals surface area contributed by atoms with Crippen LogP contribution in [0.25, 0.3) is 0 Å². The van der Waals surface area contributed by atoms with E-state index in [0.29, 0.717) is 11.3 Å². The smallest absolute Gasteiger partial charge is 0.306 e. The molecule has 1 aliphatic rings. The Morgan fingerprint density at radius 3 is 2.80 bits per heavy atom. The number of carboxylic acid groups (broad SMARTS) is 1. The van der Waals surface area contributed by atoms with Gasteiger partial charge in [-0.05, 0) is 6.07 Å². The number of benzene rings is 1. The quantitative estimate of drug-likeness (QED) is 0.647. The lowest BCUT2D eigenvalue weighted by molar-refractivity contribution is -0.140. The molecule has 1 aromatic rings. The minimum absolute atomic E-state index is 0.407. The number of amides is 1. The topological polar surface area (TPSA) is 92.4 Å². The van der Waals surface area contributed by atoms with Gasteiger partial charge in [-0.1, -0.05) is 18.2 Å². The van der Waals surface area contributed by atoms with E-state index in [1.165, 1.54) is 0 Å². The second-order valence-corrected chi connectivity index (χ2v) is 3.54. The Morgan fingerprint density at radius 1 is 1.47 bits per heavy atom. The van der Waals surface area contributed by atoms with Crippen LogP contribution >= 0.6 is 0 Å². The summed E-state index contributed by atoms with van der Waals surface area (Å²) < 4.78 is 0. The van der Waals surface area contributed by atoms with E-state index in [4.69, 9.17) is 10.8 Å². The minimum atomic E-state index is -1.44. The fourth-order valence-corrected chi connectivity index (χ4v) is 1.75. The summed E-state index contributed by atoms with van der Waals surface area (Å²) >= 11 is 0. The second kappa shape index (κ2) is 3.06. The number of hydrogen-bond acceptors (Lipinski definition) is 3. The van der Waals surface area contributed by atoms with Crippen LogP contribution < -0.4 is 11.1 Å². The van der Waals surface area contributed by atoms with E-state index in [0.717, 1.165) is 0 Å². The summed E-state index contributed by atoms with van der Waals surface area (Å²) in [4.78, 5) is 22.2. The molecule has 5 nitrogen and oxygen atoms in total. The first-order valence-corrected chi connectivity index (χ1v) is 4.45. The van der Waals surface area contributed by atoms with Gasteiger partial charge in [0.15, 0.2) is 0 Å². The minimum Gasteiger partial charge on any atom is -0.481 e. The third kappa shape index (κ3) is 1.37. The Kier molecular flexibility index (Phi) is 1.97. The highest BCUT2D eigenvalue weighted by Crippen LogP contribution is 2.35. The third-order valence-corrected chi connectivity index (χ3v) is 2.49. The van der Waals surface area contributed by atoms with Crippen LogP contribution in [0.3, 0.4) is 0 Å². The lowest BCUT2D eigenvalue weighted by atomic mass is 9.89. The molecule has 0 aromatic heterocycles. The van der Waals surface area contributed by atoms with Crippen LogP contribution in [0, 0.1) is 0 Å². The number of rotatable bonds is 2. The van der Waals surface area contributed by atoms with Gasteiger partial charge in [0.05, 0.1) is 6.42 Å². The summed E-state index contributed by atoms with van der Waals surface area (Å²) in [5, 5.41) is 11.3. The number of nitrogens with one attached hydrogen (secondary N) is 1. The molecule has 78 valence electrons. The predicted molar refractivity (Wildman–Crippen MR) is 53.2 cm³/mol. The molecule has 0 radical (unpaired) electrons. The molecule has 0 bridgehead atoms. The van der Waals surface area contributed by atoms with Gasteiger partial charge >= 0.3 is 5.97 Å². The highest BCUT2D eigenvalue weighted by Gasteiger charge is 2.44. The lowest BCUT2D eigenvalue weighted by Gasteiger charge is -2.19. The molecule has 1 aromatic carbocycles. The normalized spacial score (nSPS) is 23.4. The van der Waals surface area contributed by atoms with Gasteiger partial charge in [-0.2, -0.15) is 0 Å². The Morgan fingerprint density at radius 2 is 2.13 bits per heavy atom. The van der Waals surface area contributed by atoms with Crippen LogP contribution in [-0.4, -0.2) is 17.0 Å². The summed E-state index contributed by atoms with van der Waals surface area (Å²) in [6.07, 6.45) is -0.407. The van der Waals surface area contributed by atoms with Gasteiger partial charge in [-0.3, -0.25) is 9.59 Å². The molecule has 0 saturated carbocycles. The number of carbonyl (C=O) groups excluding carboxylic acids is 1. The molecule has 1 amide bonds. The Bertz CT molecular complexity index is 444. The molecule has 1 aliphatic heterocycles. The van der Waals surface area contributed by atoms with Gasteiger partial charge in [-0.25, -0.2) is 0 Å². The predicted octanol–water partition coefficient (Wildman–Crippen LogP) is 0.267. The molecular weight excluding hydrogens is 196 g/mol. The van der Waals surface area contributed by atoms with Crippen LogP contribution in [0.4, 0.5) is 5.69 Å². The molecule has 2 rings (SSSR count). The molecule has 0 aliphatic carbocycles. The van der Waals surface area contributed by atoms with Crippen LogP contribution in [0.5, 0.6) is 0 Å². The maximum atomic E-state index is 11.6. The first kappa shape index (κ1) is 9.67. The molecule has 5 heteroatoms. The van der Waals surface area contributed by atoms with Gasteiger partial charge < -0.3 is 16.2 Å². The number of anilines is 1. The number of carboxylic acids is 1. The van der Waals surface area contributed by atoms with Crippen molar-refractivity contribution in [2.75, 3.05) is 5.32 Å². The van der Waals surface area contributed by atoms with Crippen molar-refractivity contribution in [3.05, 3.63) is 29.8 Å². The molecule has 0 saturated heterocycles. The molecule has 1 heterocycles. The molecule has 4 N–H and O–H groups in total. The zero-order valence-corrected chi connectivity index (χ0v) is 7.86. The van der Waals surface area contributed by atoms with Gasteiger partial charge in [-0.15, -0.1) is 0 Å². The summed E-state index contributed by atoms with van der Waals surface area (Å²) in [5.41, 5.74) is 5.51. The molecule has 15 heavy (non-hydrogen) atoms. The van der Waals surface area contributed by atoms with Crippen LogP contribution in [0.15, 0.2) is 24.3 Å². The van der Waals surface area contributed by atoms with Gasteiger partial charge in [0, 0.05) is 11.3 Å². The Labute approximate surface area is 85.9 Å². The number of carbonyl (C=O) groups is 2. The number of aliphatic carboxylic acids is 1. The molecule has 1 atom stereocenters. The highest BCUT2D eigenvalue weighted by molar-refractivity contribution is 6.07. The number of nitrogens with two attached hydrogens (primary N) is 1. The fourth-order valence-electron chi connectivity index (χ4n) is 1.75. The standard InChI is InChI=1S/C10H10N2O3/c11-10(5-8(13)14)6-3-1-2-4-7(6)12-9(10)15/h1-4H,5,11H2,(H,12,15)(H,13,14)/t10-/m0/s1. The zero-order valence-electron chi connectivity index (χ0n) is 7.86. The van der Waals surface area contributed by atoms with Crippen molar-refractivity contribution >= 4 is 17.6 Å². The average Bonchev–Trinajstić information content (AvgIpc) is 2.39. The fraction of sp³-hybridized carbons (Fsp3) is 0.200. The van der Waals surface area contributed by atoms with Crippen molar-refractivity contribution in [1.29, 1.82) is 0 Å². The largest absolute Gasteiger partial charge is 0.481 e. The maximum absolute atomic E-state index is 11.6. The Hall–Kier alpha value is -1.88. The van der Waals surface area contributed by atoms with Crippen molar-refractivity contribution < 1.29 is 14.7 Å². The SMILES string of the molecule is N[C@]1(CC(=O)O)C(=O)Nc2ccccc21. The van der Waals surface area contributed by atoms with Gasteiger partial charge in [0.2, 0.25) is 5.91 Å². The zero-order chi connectivity index (χ0) is 11.1. The van der Waals surface area contributed by atoms with Crippen LogP contribution in [-0.2, 0) is 15.1 Å². The van der Waals surface area contributed by atoms with E-state index in [1.807, 2.05) is 0 Å². The molecular formula is C10H10N2O3. The highest BCUT2D eigenvalue weighted by atomic mass is 16.4. The lowest BCUT2D eigenvalue weighted by Crippen LogP contribution is -2.45. The molecule has 0 spiro atoms. The summed E-state index contributed by atoms with van der Waals surface area (Å²) in [7, 11) is 0. The Balaban J connectivity index is 2.49. The van der Waals surface area contributed by atoms with E-state index in [1.54, 1.807) is 24.3 Å². The number of para-hydroxylation sites is 1. The van der Waals surface area contributed by atoms with Crippen LogP contribution in [0.1, 0.15) is 12.0 Å². The van der Waals surface area contributed by atoms with Crippen molar-refractivity contribution in [3.8, 4) is 0 Å². The molecule has 0 unspecified atom stereocenters. The van der Waals surface area contributed by atoms with Crippen molar-refractivity contribution in [1.82, 2.24) is 0 Å². The van der Waals surface area contributed by atoms with E-state index >= 15 is 0 Å². The summed E-state index contributed by atoms with van der Waals surface area (Å²) in [5.74, 6) is -1.56. The first-order valence-electron chi connectivity index (χ1n) is 4.45. The maximum Gasteiger partial charge on any atom is 0.306 e. The van der Waals surface area contributed by atoms with Crippen molar-refractivity contribution in [3.63, 3.8) is 0 Å². The van der Waals surface area contributed by atoms with Crippen molar-refractivity contribution in [2.24, 2.45) is 5.73 Å². The monoisotopic (exact) mass is 206 g/mol. The van der Waals surface area contributed by atoms with Gasteiger partial charge in [0.1, 0.15) is 5.54 Å². The van der Waals surface area contributed by atoms with E-state index < -0.39 is 23.8 Å². The van der Waals surface area contributed by atoms with Gasteiger partial charge in [0.25, 0.3) is 0 Å². The average molecular weight is 206 g/mol. The van der Waals surface area contributed by atoms with E-state index in [-0.39, 0.29) is 0 Å². The second-order valence-electron chi connectivity index (χ2n) is 3.54. The van der Waals surface area contributed by atoms with E-state index in [9.17, 15) is 9.59 Å². The first-order chi connectivity index (χ1) is 7.04. The summed E-state index contributed by atoms with van der Waals surface area (Å²) in [6.45, 7) is 0. The number of fused-ring (bicyclic) bond motifs is 1. The summed E-state index contributed by atoms with van der Waals surface area (Å²) in [6, 6.07) is 6.84. The third-order valence-electron chi connectivity index (χ3n) is 2.49. The molecule has 0 fully saturated rings. The van der Waals surface area contributed by atoms with Crippen molar-refractivity contribution in [2.45, 2.75) is 12.0 Å². The van der Waals surface area contributed by atoms with E-state index in [2.05, 4.69) is 5.32 Å².